The summed E-state index contributed by atoms with van der Waals surface area (Å²) in [6, 6.07) is 5.57. The van der Waals surface area contributed by atoms with E-state index in [0.717, 1.165) is 22.3 Å². The van der Waals surface area contributed by atoms with Crippen molar-refractivity contribution in [1.82, 2.24) is 15.1 Å². The van der Waals surface area contributed by atoms with E-state index >= 15 is 0 Å². The molecular weight excluding hydrogens is 762 g/mol. The van der Waals surface area contributed by atoms with Gasteiger partial charge in [-0.2, -0.15) is 0 Å². The third kappa shape index (κ3) is 9.08. The van der Waals surface area contributed by atoms with Gasteiger partial charge in [0.05, 0.1) is 7.11 Å². The largest absolute Gasteiger partial charge is 0.488 e. The number of hydrogen-bond donors (Lipinski definition) is 1. The number of rotatable bonds is 10. The van der Waals surface area contributed by atoms with Crippen molar-refractivity contribution in [3.63, 3.8) is 0 Å². The van der Waals surface area contributed by atoms with Crippen LogP contribution in [0.3, 0.4) is 0 Å². The maximum Gasteiger partial charge on any atom is 0.411 e. The van der Waals surface area contributed by atoms with Crippen LogP contribution in [0.25, 0.3) is 11.1 Å². The first-order valence-electron chi connectivity index (χ1n) is 20.5. The highest BCUT2D eigenvalue weighted by atomic mass is 16.6. The molecule has 4 aliphatic rings. The molecule has 3 amide bonds. The Morgan fingerprint density at radius 2 is 1.54 bits per heavy atom. The molecule has 0 saturated carbocycles. The third-order valence-electron chi connectivity index (χ3n) is 11.8. The minimum absolute atomic E-state index is 0.114. The Bertz CT molecular complexity index is 2020. The zero-order valence-electron chi connectivity index (χ0n) is 35.1. The molecule has 59 heavy (non-hydrogen) atoms. The van der Waals surface area contributed by atoms with Crippen LogP contribution in [0.5, 0.6) is 5.75 Å². The molecule has 3 unspecified atom stereocenters. The molecule has 3 heterocycles. The van der Waals surface area contributed by atoms with Crippen LogP contribution in [0.15, 0.2) is 30.3 Å². The summed E-state index contributed by atoms with van der Waals surface area (Å²) in [6.45, 7) is 12.3. The van der Waals surface area contributed by atoms with E-state index in [1.54, 1.807) is 45.0 Å². The number of alkyl carbamates (subject to hydrolysis) is 1. The summed E-state index contributed by atoms with van der Waals surface area (Å²) in [5, 5.41) is 2.61. The van der Waals surface area contributed by atoms with Crippen molar-refractivity contribution < 1.29 is 57.2 Å². The SMILES string of the molecule is CC[C@H](C)[C@H](NC(=O)OC)C(=O)N1[C@@H](C)CC[C@H]1C(=O)OCC(=O)c1ccc2c(c1)COc1cc3c(cc1-2)CCC(OC(=O)C1CCC(C)N1C(=O)OC(C)(C)C)C3=O. The Morgan fingerprint density at radius 3 is 2.20 bits per heavy atom. The topological polar surface area (TPSA) is 184 Å². The second-order valence-electron chi connectivity index (χ2n) is 17.0. The smallest absolute Gasteiger partial charge is 0.411 e. The average Bonchev–Trinajstić information content (AvgIpc) is 3.79. The highest BCUT2D eigenvalue weighted by molar-refractivity contribution is 6.04. The van der Waals surface area contributed by atoms with Gasteiger partial charge in [0.25, 0.3) is 0 Å². The Morgan fingerprint density at radius 1 is 0.864 bits per heavy atom. The molecule has 0 radical (unpaired) electrons. The zero-order valence-corrected chi connectivity index (χ0v) is 35.1. The van der Waals surface area contributed by atoms with E-state index in [0.29, 0.717) is 55.4 Å². The highest BCUT2D eigenvalue weighted by Crippen LogP contribution is 2.42. The quantitative estimate of drug-likeness (QED) is 0.169. The number of fused-ring (bicyclic) bond motifs is 4. The normalized spacial score (nSPS) is 23.1. The van der Waals surface area contributed by atoms with Crippen LogP contribution in [0.4, 0.5) is 9.59 Å². The summed E-state index contributed by atoms with van der Waals surface area (Å²) in [6.07, 6.45) is 0.931. The lowest BCUT2D eigenvalue weighted by Crippen LogP contribution is -2.56. The predicted octanol–water partition coefficient (Wildman–Crippen LogP) is 5.95. The lowest BCUT2D eigenvalue weighted by molar-refractivity contribution is -0.154. The number of ketones is 2. The van der Waals surface area contributed by atoms with E-state index in [1.807, 2.05) is 33.8 Å². The molecule has 0 spiro atoms. The standard InChI is InChI=1S/C44H55N3O12/c1-9-23(2)37(45-42(53)55-8)39(50)46-24(3)10-15-32(46)40(51)57-22-34(48)27-12-14-29-28(18-27)21-56-36-20-30-26(19-31(29)36)13-17-35(38(30)49)58-41(52)33-16-11-25(4)47(33)43(54)59-44(5,6)7/h12,14,18-20,23-25,32-33,35,37H,9-11,13,15-17,21-22H2,1-8H3,(H,45,53)/t23-,24-,25?,32-,33?,35?,37-/m0/s1. The second kappa shape index (κ2) is 17.4. The minimum atomic E-state index is -1.01. The number of aryl methyl sites for hydroxylation is 1. The number of amides is 3. The number of likely N-dealkylation sites (tertiary alicyclic amines) is 2. The number of carbonyl (C=O) groups excluding carboxylic acids is 7. The number of methoxy groups -OCH3 is 1. The zero-order chi connectivity index (χ0) is 42.9. The molecule has 6 rings (SSSR count). The molecule has 15 heteroatoms. The maximum atomic E-state index is 13.7. The number of Topliss-reactive ketones (excluding diaryl/α,β-unsaturated/α-hetero) is 2. The minimum Gasteiger partial charge on any atom is -0.488 e. The number of benzene rings is 2. The lowest BCUT2D eigenvalue weighted by atomic mass is 9.84. The lowest BCUT2D eigenvalue weighted by Gasteiger charge is -2.33. The van der Waals surface area contributed by atoms with Gasteiger partial charge in [0.15, 0.2) is 18.5 Å². The number of ether oxygens (including phenoxy) is 5. The summed E-state index contributed by atoms with van der Waals surface area (Å²) in [4.78, 5) is 95.3. The Labute approximate surface area is 344 Å². The van der Waals surface area contributed by atoms with Gasteiger partial charge in [-0.25, -0.2) is 19.2 Å². The summed E-state index contributed by atoms with van der Waals surface area (Å²) in [5.74, 6) is -2.25. The molecule has 3 aliphatic heterocycles. The van der Waals surface area contributed by atoms with Crippen LogP contribution in [0, 0.1) is 5.92 Å². The second-order valence-corrected chi connectivity index (χ2v) is 17.0. The van der Waals surface area contributed by atoms with Gasteiger partial charge in [0, 0.05) is 28.8 Å². The first kappa shape index (κ1) is 43.1. The van der Waals surface area contributed by atoms with E-state index in [1.165, 1.54) is 16.9 Å². The molecule has 7 atom stereocenters. The molecule has 2 aromatic rings. The first-order valence-corrected chi connectivity index (χ1v) is 20.5. The van der Waals surface area contributed by atoms with E-state index in [2.05, 4.69) is 5.32 Å². The van der Waals surface area contributed by atoms with Crippen LogP contribution >= 0.6 is 0 Å². The number of nitrogens with one attached hydrogen (secondary N) is 1. The number of carbonyl (C=O) groups is 7. The summed E-state index contributed by atoms with van der Waals surface area (Å²) >= 11 is 0. The predicted molar refractivity (Wildman–Crippen MR) is 213 cm³/mol. The summed E-state index contributed by atoms with van der Waals surface area (Å²) < 4.78 is 27.6. The van der Waals surface area contributed by atoms with Crippen LogP contribution in [-0.4, -0.2) is 107 Å². The first-order chi connectivity index (χ1) is 27.9. The fraction of sp³-hybridized carbons (Fsp3) is 0.568. The molecule has 318 valence electrons. The van der Waals surface area contributed by atoms with Crippen molar-refractivity contribution in [3.05, 3.63) is 52.6 Å². The molecule has 15 nitrogen and oxygen atoms in total. The van der Waals surface area contributed by atoms with Crippen LogP contribution in [0.2, 0.25) is 0 Å². The Hall–Kier alpha value is -5.47. The van der Waals surface area contributed by atoms with Gasteiger partial charge in [-0.05, 0) is 114 Å². The van der Waals surface area contributed by atoms with Crippen molar-refractivity contribution in [2.45, 2.75) is 142 Å². The Kier molecular flexibility index (Phi) is 12.7. The van der Waals surface area contributed by atoms with Crippen LogP contribution < -0.4 is 10.1 Å². The van der Waals surface area contributed by atoms with Crippen molar-refractivity contribution in [3.8, 4) is 16.9 Å². The average molecular weight is 818 g/mol. The molecule has 1 aliphatic carbocycles. The molecule has 2 aromatic carbocycles. The molecule has 1 N–H and O–H groups in total. The van der Waals surface area contributed by atoms with Gasteiger partial charge in [0.2, 0.25) is 11.7 Å². The Balaban J connectivity index is 1.09. The summed E-state index contributed by atoms with van der Waals surface area (Å²) in [5.41, 5.74) is 3.08. The monoisotopic (exact) mass is 817 g/mol. The van der Waals surface area contributed by atoms with Gasteiger partial charge in [-0.3, -0.25) is 19.3 Å². The van der Waals surface area contributed by atoms with Crippen molar-refractivity contribution in [2.24, 2.45) is 5.92 Å². The van der Waals surface area contributed by atoms with E-state index in [9.17, 15) is 33.6 Å². The molecule has 0 aromatic heterocycles. The molecule has 0 bridgehead atoms. The van der Waals surface area contributed by atoms with E-state index in [-0.39, 0.29) is 36.8 Å². The van der Waals surface area contributed by atoms with Crippen molar-refractivity contribution in [2.75, 3.05) is 13.7 Å². The maximum absolute atomic E-state index is 13.7. The number of nitrogens with zero attached hydrogens (tertiary/aromatic N) is 2. The fourth-order valence-electron chi connectivity index (χ4n) is 8.39. The molecule has 2 saturated heterocycles. The van der Waals surface area contributed by atoms with Gasteiger partial charge < -0.3 is 33.9 Å². The fourth-order valence-corrected chi connectivity index (χ4v) is 8.39. The highest BCUT2D eigenvalue weighted by Gasteiger charge is 2.45. The van der Waals surface area contributed by atoms with Gasteiger partial charge in [0.1, 0.15) is 36.1 Å². The van der Waals surface area contributed by atoms with E-state index < -0.39 is 72.3 Å². The van der Waals surface area contributed by atoms with Gasteiger partial charge in [-0.1, -0.05) is 32.4 Å². The van der Waals surface area contributed by atoms with Gasteiger partial charge >= 0.3 is 24.1 Å². The molecular formula is C44H55N3O12. The van der Waals surface area contributed by atoms with Crippen LogP contribution in [0.1, 0.15) is 119 Å². The number of hydrogen-bond acceptors (Lipinski definition) is 12. The van der Waals surface area contributed by atoms with Crippen molar-refractivity contribution in [1.29, 1.82) is 0 Å². The summed E-state index contributed by atoms with van der Waals surface area (Å²) in [7, 11) is 1.22. The van der Waals surface area contributed by atoms with Gasteiger partial charge in [-0.15, -0.1) is 0 Å². The van der Waals surface area contributed by atoms with Crippen molar-refractivity contribution >= 4 is 41.6 Å². The molecule has 2 fully saturated rings. The van der Waals surface area contributed by atoms with E-state index in [4.69, 9.17) is 23.7 Å². The number of esters is 2. The third-order valence-corrected chi connectivity index (χ3v) is 11.8. The van der Waals surface area contributed by atoms with Crippen LogP contribution in [-0.2, 0) is 46.4 Å².